The maximum atomic E-state index is 14.3. The summed E-state index contributed by atoms with van der Waals surface area (Å²) in [6.45, 7) is 9.41. The van der Waals surface area contributed by atoms with Gasteiger partial charge in [-0.25, -0.2) is 4.39 Å². The highest BCUT2D eigenvalue weighted by Gasteiger charge is 2.07. The maximum Gasteiger partial charge on any atom is 0.131 e. The van der Waals surface area contributed by atoms with Crippen LogP contribution in [0.15, 0.2) is 60.6 Å². The number of benzene rings is 1. The topological polar surface area (TPSA) is 0 Å². The Morgan fingerprint density at radius 1 is 1.17 bits per heavy atom. The van der Waals surface area contributed by atoms with E-state index in [4.69, 9.17) is 15.7 Å². The average Bonchev–Trinajstić information content (AvgIpc) is 3.00. The molecule has 0 bridgehead atoms. The lowest BCUT2D eigenvalue weighted by molar-refractivity contribution is 0.624. The zero-order valence-corrected chi connectivity index (χ0v) is 14.6. The molecule has 2 aromatic rings. The Morgan fingerprint density at radius 3 is 2.39 bits per heavy atom. The van der Waals surface area contributed by atoms with E-state index in [1.807, 2.05) is 39.0 Å². The van der Waals surface area contributed by atoms with Crippen LogP contribution in [-0.4, -0.2) is 15.7 Å². The summed E-state index contributed by atoms with van der Waals surface area (Å²) in [7, 11) is 11.3. The van der Waals surface area contributed by atoms with Gasteiger partial charge in [-0.05, 0) is 35.0 Å². The quantitative estimate of drug-likeness (QED) is 0.548. The van der Waals surface area contributed by atoms with Gasteiger partial charge in [0, 0.05) is 10.4 Å². The Balaban J connectivity index is 0.00000127. The van der Waals surface area contributed by atoms with Crippen LogP contribution in [0.5, 0.6) is 0 Å². The second-order valence-electron chi connectivity index (χ2n) is 4.62. The fourth-order valence-electron chi connectivity index (χ4n) is 1.88. The maximum absolute atomic E-state index is 14.3. The Morgan fingerprint density at radius 2 is 1.87 bits per heavy atom. The van der Waals surface area contributed by atoms with Crippen molar-refractivity contribution in [3.63, 3.8) is 0 Å². The molecule has 1 heterocycles. The third-order valence-corrected chi connectivity index (χ3v) is 4.03. The molecule has 0 amide bonds. The molecule has 1 aromatic heterocycles. The van der Waals surface area contributed by atoms with E-state index >= 15 is 0 Å². The number of halogens is 1. The van der Waals surface area contributed by atoms with Crippen LogP contribution < -0.4 is 4.78 Å². The van der Waals surface area contributed by atoms with Crippen molar-refractivity contribution in [3.8, 4) is 10.4 Å². The molecule has 0 fully saturated rings. The molecule has 23 heavy (non-hydrogen) atoms. The smallest absolute Gasteiger partial charge is 0.131 e. The minimum Gasteiger partial charge on any atom is -0.206 e. The number of allylic oxidation sites excluding steroid dienone is 5. The fourth-order valence-corrected chi connectivity index (χ4v) is 2.65. The SMILES string of the molecule is CC.[B]/C(C=C)=C/C=C(\C)c1ccc(-c2ccc([B])s2)cc1F. The molecule has 2 rings (SSSR count). The number of hydrogen-bond acceptors (Lipinski definition) is 1. The van der Waals surface area contributed by atoms with Gasteiger partial charge < -0.3 is 0 Å². The molecule has 0 aliphatic rings. The molecule has 0 nitrogen and oxygen atoms in total. The lowest BCUT2D eigenvalue weighted by Crippen LogP contribution is -1.89. The molecule has 1 aromatic carbocycles. The van der Waals surface area contributed by atoms with Crippen molar-refractivity contribution < 1.29 is 4.39 Å². The van der Waals surface area contributed by atoms with Crippen molar-refractivity contribution >= 4 is 37.4 Å². The van der Waals surface area contributed by atoms with E-state index in [-0.39, 0.29) is 5.82 Å². The first kappa shape index (κ1) is 19.2. The first-order valence-electron chi connectivity index (χ1n) is 7.43. The Kier molecular flexibility index (Phi) is 7.84. The monoisotopic (exact) mass is 320 g/mol. The van der Waals surface area contributed by atoms with Crippen molar-refractivity contribution in [2.45, 2.75) is 20.8 Å². The van der Waals surface area contributed by atoms with Crippen LogP contribution >= 0.6 is 11.3 Å². The normalized spacial score (nSPS) is 11.7. The largest absolute Gasteiger partial charge is 0.206 e. The minimum absolute atomic E-state index is 0.265. The van der Waals surface area contributed by atoms with Gasteiger partial charge in [-0.1, -0.05) is 62.3 Å². The summed E-state index contributed by atoms with van der Waals surface area (Å²) in [5, 5.41) is 0. The molecular formula is C19H19B2FS. The molecule has 0 saturated heterocycles. The molecule has 0 spiro atoms. The van der Waals surface area contributed by atoms with Crippen molar-refractivity contribution in [1.82, 2.24) is 0 Å². The standard InChI is InChI=1S/C17H13B2FS.C2H6/c1-3-13(18)6-4-11(2)14-7-5-12(10-15(14)20)16-8-9-17(19)21-16;1-2/h3-10H,1H2,2H3;1-2H3/b11-4+,13-6+;. The Bertz CT molecular complexity index is 727. The molecule has 0 unspecified atom stereocenters. The van der Waals surface area contributed by atoms with Gasteiger partial charge in [0.1, 0.15) is 21.5 Å². The zero-order valence-electron chi connectivity index (χ0n) is 13.8. The predicted octanol–water partition coefficient (Wildman–Crippen LogP) is 5.02. The molecule has 4 heteroatoms. The summed E-state index contributed by atoms with van der Waals surface area (Å²) >= 11 is 1.44. The average molecular weight is 320 g/mol. The minimum atomic E-state index is -0.265. The predicted molar refractivity (Wildman–Crippen MR) is 104 cm³/mol. The van der Waals surface area contributed by atoms with E-state index in [1.165, 1.54) is 17.4 Å². The molecule has 0 aliphatic heterocycles. The highest BCUT2D eigenvalue weighted by Crippen LogP contribution is 2.27. The van der Waals surface area contributed by atoms with E-state index in [1.54, 1.807) is 24.3 Å². The van der Waals surface area contributed by atoms with Crippen LogP contribution in [0.2, 0.25) is 0 Å². The summed E-state index contributed by atoms with van der Waals surface area (Å²) < 4.78 is 15.0. The van der Waals surface area contributed by atoms with Crippen LogP contribution in [0.1, 0.15) is 26.3 Å². The van der Waals surface area contributed by atoms with Gasteiger partial charge in [-0.3, -0.25) is 0 Å². The summed E-state index contributed by atoms with van der Waals surface area (Å²) in [4.78, 5) is 0.954. The molecule has 0 aliphatic carbocycles. The van der Waals surface area contributed by atoms with Gasteiger partial charge in [0.15, 0.2) is 0 Å². The third kappa shape index (κ3) is 5.40. The van der Waals surface area contributed by atoms with Crippen LogP contribution in [0, 0.1) is 5.82 Å². The highest BCUT2D eigenvalue weighted by atomic mass is 32.1. The van der Waals surface area contributed by atoms with Gasteiger partial charge in [0.2, 0.25) is 0 Å². The lowest BCUT2D eigenvalue weighted by Gasteiger charge is -2.05. The van der Waals surface area contributed by atoms with Crippen LogP contribution in [-0.2, 0) is 0 Å². The highest BCUT2D eigenvalue weighted by molar-refractivity contribution is 7.23. The second kappa shape index (κ2) is 9.36. The van der Waals surface area contributed by atoms with Crippen molar-refractivity contribution in [3.05, 3.63) is 72.0 Å². The summed E-state index contributed by atoms with van der Waals surface area (Å²) in [5.41, 5.74) is 2.72. The fraction of sp³-hybridized carbons (Fsp3) is 0.158. The molecular weight excluding hydrogens is 301 g/mol. The first-order valence-corrected chi connectivity index (χ1v) is 8.25. The first-order chi connectivity index (χ1) is 11.0. The van der Waals surface area contributed by atoms with Gasteiger partial charge in [-0.2, -0.15) is 11.3 Å². The second-order valence-corrected chi connectivity index (χ2v) is 5.73. The third-order valence-electron chi connectivity index (χ3n) is 3.07. The molecule has 4 radical (unpaired) electrons. The van der Waals surface area contributed by atoms with Crippen molar-refractivity contribution in [2.24, 2.45) is 0 Å². The van der Waals surface area contributed by atoms with Crippen molar-refractivity contribution in [2.75, 3.05) is 0 Å². The van der Waals surface area contributed by atoms with Crippen molar-refractivity contribution in [1.29, 1.82) is 0 Å². The number of rotatable bonds is 4. The Hall–Kier alpha value is -1.80. The van der Waals surface area contributed by atoms with E-state index < -0.39 is 0 Å². The van der Waals surface area contributed by atoms with Gasteiger partial charge in [-0.15, -0.1) is 0 Å². The Labute approximate surface area is 145 Å². The van der Waals surface area contributed by atoms with Crippen LogP contribution in [0.25, 0.3) is 16.0 Å². The van der Waals surface area contributed by atoms with E-state index in [0.717, 1.165) is 20.8 Å². The summed E-state index contributed by atoms with van der Waals surface area (Å²) in [6, 6.07) is 8.90. The van der Waals surface area contributed by atoms with Gasteiger partial charge >= 0.3 is 0 Å². The lowest BCUT2D eigenvalue weighted by atomic mass is 9.94. The molecule has 0 N–H and O–H groups in total. The van der Waals surface area contributed by atoms with Crippen LogP contribution in [0.4, 0.5) is 4.39 Å². The molecule has 114 valence electrons. The van der Waals surface area contributed by atoms with E-state index in [2.05, 4.69) is 6.58 Å². The molecule has 0 saturated carbocycles. The number of hydrogen-bond donors (Lipinski definition) is 0. The van der Waals surface area contributed by atoms with Gasteiger partial charge in [0.05, 0.1) is 0 Å². The zero-order chi connectivity index (χ0) is 17.4. The van der Waals surface area contributed by atoms with Gasteiger partial charge in [0.25, 0.3) is 0 Å². The van der Waals surface area contributed by atoms with E-state index in [0.29, 0.717) is 11.0 Å². The summed E-state index contributed by atoms with van der Waals surface area (Å²) in [6.07, 6.45) is 5.03. The van der Waals surface area contributed by atoms with Crippen LogP contribution in [0.3, 0.4) is 0 Å². The summed E-state index contributed by atoms with van der Waals surface area (Å²) in [5.74, 6) is -0.265. The number of thiophene rings is 1. The molecule has 0 atom stereocenters. The van der Waals surface area contributed by atoms with E-state index in [9.17, 15) is 4.39 Å².